The van der Waals surface area contributed by atoms with E-state index in [1.54, 1.807) is 11.8 Å². The van der Waals surface area contributed by atoms with Crippen LogP contribution in [-0.2, 0) is 0 Å². The molecule has 2 aromatic carbocycles. The van der Waals surface area contributed by atoms with E-state index in [9.17, 15) is 4.79 Å². The molecule has 3 rings (SSSR count). The van der Waals surface area contributed by atoms with Crippen LogP contribution in [0.3, 0.4) is 0 Å². The van der Waals surface area contributed by atoms with E-state index < -0.39 is 0 Å². The second kappa shape index (κ2) is 7.58. The number of rotatable bonds is 5. The summed E-state index contributed by atoms with van der Waals surface area (Å²) in [5.41, 5.74) is 2.57. The van der Waals surface area contributed by atoms with Gasteiger partial charge in [0, 0.05) is 22.6 Å². The molecule has 4 heteroatoms. The minimum atomic E-state index is -0.324. The highest BCUT2D eigenvalue weighted by atomic mass is 32.2. The molecular weight excluding hydrogens is 342 g/mol. The van der Waals surface area contributed by atoms with E-state index in [-0.39, 0.29) is 17.6 Å². The van der Waals surface area contributed by atoms with Gasteiger partial charge in [0.1, 0.15) is 11.4 Å². The lowest BCUT2D eigenvalue weighted by Gasteiger charge is -2.38. The standard InChI is InChI=1S/C22H25NO2S/c1-5-12-26-20-9-7-6-8-17(20)21(24)23-18-14-22(3,4)25-19-13-15(2)10-11-16(18)19/h5-11,13,18H,1,12,14H2,2-4H3,(H,23,24). The highest BCUT2D eigenvalue weighted by molar-refractivity contribution is 7.99. The Hall–Kier alpha value is -2.20. The van der Waals surface area contributed by atoms with Crippen LogP contribution in [0.25, 0.3) is 0 Å². The average molecular weight is 368 g/mol. The van der Waals surface area contributed by atoms with Crippen molar-refractivity contribution in [2.75, 3.05) is 5.75 Å². The van der Waals surface area contributed by atoms with Gasteiger partial charge in [-0.25, -0.2) is 0 Å². The van der Waals surface area contributed by atoms with Gasteiger partial charge in [0.05, 0.1) is 11.6 Å². The van der Waals surface area contributed by atoms with Gasteiger partial charge in [-0.05, 0) is 44.5 Å². The van der Waals surface area contributed by atoms with Gasteiger partial charge in [0.2, 0.25) is 0 Å². The zero-order valence-corrected chi connectivity index (χ0v) is 16.4. The van der Waals surface area contributed by atoms with Gasteiger partial charge < -0.3 is 10.1 Å². The topological polar surface area (TPSA) is 38.3 Å². The van der Waals surface area contributed by atoms with Gasteiger partial charge in [0.15, 0.2) is 0 Å². The minimum absolute atomic E-state index is 0.0496. The molecule has 1 aliphatic heterocycles. The van der Waals surface area contributed by atoms with E-state index in [1.165, 1.54) is 0 Å². The number of ether oxygens (including phenoxy) is 1. The van der Waals surface area contributed by atoms with Crippen molar-refractivity contribution < 1.29 is 9.53 Å². The van der Waals surface area contributed by atoms with Gasteiger partial charge in [0.25, 0.3) is 5.91 Å². The zero-order chi connectivity index (χ0) is 18.7. The van der Waals surface area contributed by atoms with Crippen LogP contribution >= 0.6 is 11.8 Å². The Morgan fingerprint density at radius 3 is 2.88 bits per heavy atom. The Morgan fingerprint density at radius 1 is 1.35 bits per heavy atom. The number of hydrogen-bond donors (Lipinski definition) is 1. The Bertz CT molecular complexity index is 829. The summed E-state index contributed by atoms with van der Waals surface area (Å²) in [6.45, 7) is 9.93. The molecule has 26 heavy (non-hydrogen) atoms. The van der Waals surface area contributed by atoms with Crippen molar-refractivity contribution in [2.45, 2.75) is 43.7 Å². The van der Waals surface area contributed by atoms with Crippen molar-refractivity contribution in [1.82, 2.24) is 5.32 Å². The SMILES string of the molecule is C=CCSc1ccccc1C(=O)NC1CC(C)(C)Oc2cc(C)ccc21. The molecule has 136 valence electrons. The molecule has 1 amide bonds. The molecule has 1 aliphatic rings. The monoisotopic (exact) mass is 367 g/mol. The summed E-state index contributed by atoms with van der Waals surface area (Å²) in [5.74, 6) is 1.59. The number of thioether (sulfide) groups is 1. The molecule has 3 nitrogen and oxygen atoms in total. The Kier molecular flexibility index (Phi) is 5.42. The molecule has 1 N–H and O–H groups in total. The first kappa shape index (κ1) is 18.6. The maximum atomic E-state index is 13.0. The summed E-state index contributed by atoms with van der Waals surface area (Å²) in [6.07, 6.45) is 2.58. The normalized spacial score (nSPS) is 17.7. The third-order valence-electron chi connectivity index (χ3n) is 4.42. The van der Waals surface area contributed by atoms with Crippen LogP contribution in [0.1, 0.15) is 47.8 Å². The molecular formula is C22H25NO2S. The molecule has 1 heterocycles. The number of carbonyl (C=O) groups excluding carboxylic acids is 1. The van der Waals surface area contributed by atoms with Crippen LogP contribution in [0, 0.1) is 6.92 Å². The van der Waals surface area contributed by atoms with Crippen molar-refractivity contribution in [3.05, 3.63) is 71.8 Å². The van der Waals surface area contributed by atoms with Crippen LogP contribution in [0.15, 0.2) is 60.0 Å². The predicted octanol–water partition coefficient (Wildman–Crippen LogP) is 5.31. The van der Waals surface area contributed by atoms with Gasteiger partial charge >= 0.3 is 0 Å². The van der Waals surface area contributed by atoms with Crippen LogP contribution in [0.5, 0.6) is 5.75 Å². The lowest BCUT2D eigenvalue weighted by Crippen LogP contribution is -2.41. The van der Waals surface area contributed by atoms with Gasteiger partial charge in [-0.2, -0.15) is 0 Å². The molecule has 0 aromatic heterocycles. The van der Waals surface area contributed by atoms with E-state index in [0.29, 0.717) is 5.56 Å². The van der Waals surface area contributed by atoms with Crippen LogP contribution in [0.2, 0.25) is 0 Å². The quantitative estimate of drug-likeness (QED) is 0.575. The summed E-state index contributed by atoms with van der Waals surface area (Å²) in [6, 6.07) is 13.8. The Balaban J connectivity index is 1.87. The number of nitrogens with one attached hydrogen (secondary N) is 1. The van der Waals surface area contributed by atoms with E-state index in [2.05, 4.69) is 37.9 Å². The van der Waals surface area contributed by atoms with Gasteiger partial charge in [-0.3, -0.25) is 4.79 Å². The van der Waals surface area contributed by atoms with Crippen molar-refractivity contribution in [1.29, 1.82) is 0 Å². The molecule has 0 aliphatic carbocycles. The second-order valence-electron chi connectivity index (χ2n) is 7.23. The second-order valence-corrected chi connectivity index (χ2v) is 8.29. The number of hydrogen-bond acceptors (Lipinski definition) is 3. The molecule has 0 radical (unpaired) electrons. The maximum absolute atomic E-state index is 13.0. The highest BCUT2D eigenvalue weighted by Crippen LogP contribution is 2.40. The molecule has 1 atom stereocenters. The fourth-order valence-electron chi connectivity index (χ4n) is 3.25. The summed E-state index contributed by atoms with van der Waals surface area (Å²) in [7, 11) is 0. The molecule has 0 saturated heterocycles. The number of amides is 1. The maximum Gasteiger partial charge on any atom is 0.252 e. The van der Waals surface area contributed by atoms with E-state index in [1.807, 2.05) is 43.3 Å². The molecule has 0 fully saturated rings. The molecule has 0 saturated carbocycles. The predicted molar refractivity (Wildman–Crippen MR) is 108 cm³/mol. The molecule has 0 spiro atoms. The number of carbonyl (C=O) groups is 1. The van der Waals surface area contributed by atoms with Crippen LogP contribution in [-0.4, -0.2) is 17.3 Å². The van der Waals surface area contributed by atoms with E-state index in [4.69, 9.17) is 4.74 Å². The number of benzene rings is 2. The fraction of sp³-hybridized carbons (Fsp3) is 0.318. The van der Waals surface area contributed by atoms with Crippen molar-refractivity contribution >= 4 is 17.7 Å². The van der Waals surface area contributed by atoms with Gasteiger partial charge in [-0.1, -0.05) is 30.3 Å². The largest absolute Gasteiger partial charge is 0.487 e. The summed E-state index contributed by atoms with van der Waals surface area (Å²) in [4.78, 5) is 14.0. The summed E-state index contributed by atoms with van der Waals surface area (Å²) < 4.78 is 6.13. The van der Waals surface area contributed by atoms with Crippen molar-refractivity contribution in [3.63, 3.8) is 0 Å². The lowest BCUT2D eigenvalue weighted by molar-refractivity contribution is 0.0618. The lowest BCUT2D eigenvalue weighted by atomic mass is 9.89. The van der Waals surface area contributed by atoms with Crippen molar-refractivity contribution in [2.24, 2.45) is 0 Å². The van der Waals surface area contributed by atoms with Crippen LogP contribution in [0.4, 0.5) is 0 Å². The molecule has 2 aromatic rings. The first-order valence-electron chi connectivity index (χ1n) is 8.83. The first-order valence-corrected chi connectivity index (χ1v) is 9.81. The highest BCUT2D eigenvalue weighted by Gasteiger charge is 2.34. The third-order valence-corrected chi connectivity index (χ3v) is 5.49. The smallest absolute Gasteiger partial charge is 0.252 e. The first-order chi connectivity index (χ1) is 12.4. The molecule has 1 unspecified atom stereocenters. The fourth-order valence-corrected chi connectivity index (χ4v) is 4.04. The summed E-state index contributed by atoms with van der Waals surface area (Å²) in [5, 5.41) is 3.23. The zero-order valence-electron chi connectivity index (χ0n) is 15.5. The third kappa shape index (κ3) is 4.13. The summed E-state index contributed by atoms with van der Waals surface area (Å²) >= 11 is 1.62. The minimum Gasteiger partial charge on any atom is -0.487 e. The van der Waals surface area contributed by atoms with E-state index in [0.717, 1.165) is 33.9 Å². The number of aryl methyl sites for hydroxylation is 1. The van der Waals surface area contributed by atoms with Gasteiger partial charge in [-0.15, -0.1) is 18.3 Å². The number of fused-ring (bicyclic) bond motifs is 1. The Morgan fingerprint density at radius 2 is 2.12 bits per heavy atom. The molecule has 0 bridgehead atoms. The van der Waals surface area contributed by atoms with Crippen LogP contribution < -0.4 is 10.1 Å². The average Bonchev–Trinajstić information content (AvgIpc) is 2.58. The van der Waals surface area contributed by atoms with Crippen molar-refractivity contribution in [3.8, 4) is 5.75 Å². The Labute approximate surface area is 159 Å². The van der Waals surface area contributed by atoms with E-state index >= 15 is 0 Å².